The number of rotatable bonds is 4. The molecule has 0 radical (unpaired) electrons. The number of likely N-dealkylation sites (N-methyl/N-ethyl adjacent to an activating group) is 1. The summed E-state index contributed by atoms with van der Waals surface area (Å²) in [5.41, 5.74) is 2.81. The molecule has 0 aliphatic carbocycles. The van der Waals surface area contributed by atoms with E-state index in [1.165, 1.54) is 0 Å². The average Bonchev–Trinajstić information content (AvgIpc) is 3.04. The maximum atomic E-state index is 13.4. The Balaban J connectivity index is 1.60. The first-order chi connectivity index (χ1) is 13.1. The Labute approximate surface area is 160 Å². The summed E-state index contributed by atoms with van der Waals surface area (Å²) in [4.78, 5) is 32.3. The van der Waals surface area contributed by atoms with Gasteiger partial charge in [-0.15, -0.1) is 0 Å². The fraction of sp³-hybridized carbons (Fsp3) is 0.364. The Morgan fingerprint density at radius 2 is 1.63 bits per heavy atom. The van der Waals surface area contributed by atoms with Gasteiger partial charge in [-0.25, -0.2) is 0 Å². The van der Waals surface area contributed by atoms with Gasteiger partial charge in [0, 0.05) is 44.7 Å². The molecule has 2 aromatic rings. The minimum absolute atomic E-state index is 0.0333. The van der Waals surface area contributed by atoms with E-state index in [1.54, 1.807) is 4.90 Å². The topological polar surface area (TPSA) is 43.9 Å². The first-order valence-electron chi connectivity index (χ1n) is 9.53. The van der Waals surface area contributed by atoms with Crippen LogP contribution in [0.5, 0.6) is 0 Å². The Morgan fingerprint density at radius 3 is 2.33 bits per heavy atom. The molecular weight excluding hydrogens is 338 g/mol. The van der Waals surface area contributed by atoms with Gasteiger partial charge in [0.2, 0.25) is 5.91 Å². The number of carbonyl (C=O) groups is 2. The number of hydrogen-bond acceptors (Lipinski definition) is 3. The fourth-order valence-electron chi connectivity index (χ4n) is 3.93. The molecule has 1 fully saturated rings. The molecule has 0 aromatic heterocycles. The highest BCUT2D eigenvalue weighted by atomic mass is 16.2. The molecule has 27 heavy (non-hydrogen) atoms. The SMILES string of the molecule is CN1CCN(C(=O)C(Cc2ccccc2)N2Cc3ccccc3C2=O)CC1. The lowest BCUT2D eigenvalue weighted by Gasteiger charge is -2.37. The van der Waals surface area contributed by atoms with Crippen molar-refractivity contribution >= 4 is 11.8 Å². The summed E-state index contributed by atoms with van der Waals surface area (Å²) in [5, 5.41) is 0. The van der Waals surface area contributed by atoms with E-state index in [9.17, 15) is 9.59 Å². The molecule has 2 heterocycles. The molecule has 1 saturated heterocycles. The van der Waals surface area contributed by atoms with Gasteiger partial charge in [0.15, 0.2) is 0 Å². The van der Waals surface area contributed by atoms with Gasteiger partial charge in [0.05, 0.1) is 0 Å². The quantitative estimate of drug-likeness (QED) is 0.835. The summed E-state index contributed by atoms with van der Waals surface area (Å²) in [6.45, 7) is 3.69. The molecule has 140 valence electrons. The van der Waals surface area contributed by atoms with Crippen molar-refractivity contribution in [2.75, 3.05) is 33.2 Å². The summed E-state index contributed by atoms with van der Waals surface area (Å²) in [7, 11) is 2.07. The molecule has 2 aliphatic heterocycles. The fourth-order valence-corrected chi connectivity index (χ4v) is 3.93. The van der Waals surface area contributed by atoms with E-state index in [2.05, 4.69) is 11.9 Å². The Hall–Kier alpha value is -2.66. The van der Waals surface area contributed by atoms with Gasteiger partial charge in [0.25, 0.3) is 5.91 Å². The molecule has 0 saturated carbocycles. The maximum Gasteiger partial charge on any atom is 0.255 e. The smallest absolute Gasteiger partial charge is 0.255 e. The van der Waals surface area contributed by atoms with Crippen molar-refractivity contribution < 1.29 is 9.59 Å². The predicted octanol–water partition coefficient (Wildman–Crippen LogP) is 2.03. The molecule has 0 bridgehead atoms. The van der Waals surface area contributed by atoms with Gasteiger partial charge < -0.3 is 14.7 Å². The van der Waals surface area contributed by atoms with Crippen LogP contribution in [-0.2, 0) is 17.8 Å². The second kappa shape index (κ2) is 7.53. The molecule has 4 rings (SSSR count). The van der Waals surface area contributed by atoms with Crippen LogP contribution in [0.3, 0.4) is 0 Å². The van der Waals surface area contributed by atoms with E-state index >= 15 is 0 Å². The predicted molar refractivity (Wildman–Crippen MR) is 104 cm³/mol. The Morgan fingerprint density at radius 1 is 0.963 bits per heavy atom. The minimum Gasteiger partial charge on any atom is -0.338 e. The van der Waals surface area contributed by atoms with Crippen LogP contribution in [-0.4, -0.2) is 65.8 Å². The lowest BCUT2D eigenvalue weighted by atomic mass is 10.0. The average molecular weight is 363 g/mol. The third-order valence-corrected chi connectivity index (χ3v) is 5.60. The number of fused-ring (bicyclic) bond motifs is 1. The van der Waals surface area contributed by atoms with E-state index in [0.717, 1.165) is 42.9 Å². The zero-order valence-corrected chi connectivity index (χ0v) is 15.7. The molecule has 2 amide bonds. The molecule has 0 spiro atoms. The lowest BCUT2D eigenvalue weighted by molar-refractivity contribution is -0.137. The van der Waals surface area contributed by atoms with Crippen molar-refractivity contribution in [1.82, 2.24) is 14.7 Å². The van der Waals surface area contributed by atoms with Crippen LogP contribution in [0.25, 0.3) is 0 Å². The van der Waals surface area contributed by atoms with Crippen molar-refractivity contribution in [3.05, 3.63) is 71.3 Å². The highest BCUT2D eigenvalue weighted by molar-refractivity contribution is 6.01. The Bertz CT molecular complexity index is 828. The summed E-state index contributed by atoms with van der Waals surface area (Å²) < 4.78 is 0. The van der Waals surface area contributed by atoms with E-state index in [1.807, 2.05) is 59.5 Å². The lowest BCUT2D eigenvalue weighted by Crippen LogP contribution is -2.55. The first kappa shape index (κ1) is 17.7. The van der Waals surface area contributed by atoms with E-state index in [4.69, 9.17) is 0 Å². The van der Waals surface area contributed by atoms with Gasteiger partial charge in [-0.2, -0.15) is 0 Å². The van der Waals surface area contributed by atoms with Crippen LogP contribution >= 0.6 is 0 Å². The van der Waals surface area contributed by atoms with Crippen molar-refractivity contribution in [3.8, 4) is 0 Å². The first-order valence-corrected chi connectivity index (χ1v) is 9.53. The number of hydrogen-bond donors (Lipinski definition) is 0. The van der Waals surface area contributed by atoms with E-state index in [0.29, 0.717) is 13.0 Å². The molecule has 0 N–H and O–H groups in total. The molecule has 5 nitrogen and oxygen atoms in total. The second-order valence-corrected chi connectivity index (χ2v) is 7.42. The molecule has 2 aromatic carbocycles. The number of carbonyl (C=O) groups excluding carboxylic acids is 2. The number of benzene rings is 2. The highest BCUT2D eigenvalue weighted by Gasteiger charge is 2.38. The zero-order chi connectivity index (χ0) is 18.8. The van der Waals surface area contributed by atoms with Gasteiger partial charge in [-0.1, -0.05) is 48.5 Å². The minimum atomic E-state index is -0.462. The Kier molecular flexibility index (Phi) is 4.94. The van der Waals surface area contributed by atoms with Crippen molar-refractivity contribution in [2.45, 2.75) is 19.0 Å². The van der Waals surface area contributed by atoms with Gasteiger partial charge >= 0.3 is 0 Å². The largest absolute Gasteiger partial charge is 0.338 e. The molecule has 2 aliphatic rings. The van der Waals surface area contributed by atoms with E-state index < -0.39 is 6.04 Å². The highest BCUT2D eigenvalue weighted by Crippen LogP contribution is 2.27. The van der Waals surface area contributed by atoms with Gasteiger partial charge in [-0.3, -0.25) is 9.59 Å². The standard InChI is InChI=1S/C22H25N3O2/c1-23-11-13-24(14-12-23)22(27)20(15-17-7-3-2-4-8-17)25-16-18-9-5-6-10-19(18)21(25)26/h2-10,20H,11-16H2,1H3. The summed E-state index contributed by atoms with van der Waals surface area (Å²) in [6.07, 6.45) is 0.547. The molecule has 1 atom stereocenters. The molecule has 5 heteroatoms. The van der Waals surface area contributed by atoms with Crippen molar-refractivity contribution in [3.63, 3.8) is 0 Å². The monoisotopic (exact) mass is 363 g/mol. The number of amides is 2. The number of nitrogens with zero attached hydrogens (tertiary/aromatic N) is 3. The zero-order valence-electron chi connectivity index (χ0n) is 15.7. The molecule has 1 unspecified atom stereocenters. The summed E-state index contributed by atoms with van der Waals surface area (Å²) >= 11 is 0. The van der Waals surface area contributed by atoms with Gasteiger partial charge in [0.1, 0.15) is 6.04 Å². The van der Waals surface area contributed by atoms with Crippen molar-refractivity contribution in [2.24, 2.45) is 0 Å². The second-order valence-electron chi connectivity index (χ2n) is 7.42. The van der Waals surface area contributed by atoms with Crippen LogP contribution in [0.2, 0.25) is 0 Å². The van der Waals surface area contributed by atoms with Crippen LogP contribution in [0.1, 0.15) is 21.5 Å². The summed E-state index contributed by atoms with van der Waals surface area (Å²) in [5.74, 6) is 0.0297. The number of piperazine rings is 1. The molecular formula is C22H25N3O2. The van der Waals surface area contributed by atoms with E-state index in [-0.39, 0.29) is 11.8 Å². The normalized spacial score (nSPS) is 18.5. The third-order valence-electron chi connectivity index (χ3n) is 5.60. The van der Waals surface area contributed by atoms with Crippen LogP contribution in [0.4, 0.5) is 0 Å². The van der Waals surface area contributed by atoms with Gasteiger partial charge in [-0.05, 0) is 24.2 Å². The van der Waals surface area contributed by atoms with Crippen LogP contribution < -0.4 is 0 Å². The summed E-state index contributed by atoms with van der Waals surface area (Å²) in [6, 6.07) is 17.2. The maximum absolute atomic E-state index is 13.4. The van der Waals surface area contributed by atoms with Crippen LogP contribution in [0, 0.1) is 0 Å². The third kappa shape index (κ3) is 3.60. The van der Waals surface area contributed by atoms with Crippen LogP contribution in [0.15, 0.2) is 54.6 Å². The van der Waals surface area contributed by atoms with Crippen molar-refractivity contribution in [1.29, 1.82) is 0 Å².